The Labute approximate surface area is 225 Å². The lowest BCUT2D eigenvalue weighted by Gasteiger charge is -2.32. The molecule has 2 aliphatic carbocycles. The third kappa shape index (κ3) is 7.37. The number of rotatable bonds is 12. The average molecular weight is 502 g/mol. The standard InChI is InChI=1S/C34H47NS/c1-9-11-31(33-17-16-32(36-33)27(8)35-19-18-24(5)10-2)22-28-20-25(6)34(26(7)21-28)30-14-12-29(13-15-30)23(3)4/h12,14-17,20-21,23,25,29,31,34-35H,2,8-9,11,13,18-19,22H2,1,3-7H3. The Morgan fingerprint density at radius 3 is 2.67 bits per heavy atom. The molecule has 0 bridgehead atoms. The van der Waals surface area contributed by atoms with E-state index in [0.717, 1.165) is 25.1 Å². The summed E-state index contributed by atoms with van der Waals surface area (Å²) in [7, 11) is 0. The molecule has 3 rings (SSSR count). The molecule has 4 unspecified atom stereocenters. The van der Waals surface area contributed by atoms with E-state index in [9.17, 15) is 0 Å². The van der Waals surface area contributed by atoms with Gasteiger partial charge in [0.05, 0.1) is 0 Å². The van der Waals surface area contributed by atoms with Crippen LogP contribution < -0.4 is 5.32 Å². The lowest BCUT2D eigenvalue weighted by atomic mass is 9.73. The van der Waals surface area contributed by atoms with Crippen LogP contribution in [0.25, 0.3) is 5.70 Å². The van der Waals surface area contributed by atoms with Gasteiger partial charge in [-0.15, -0.1) is 17.1 Å². The third-order valence-electron chi connectivity index (χ3n) is 7.87. The predicted octanol–water partition coefficient (Wildman–Crippen LogP) is 10.0. The molecule has 0 fully saturated rings. The molecule has 0 aromatic carbocycles. The summed E-state index contributed by atoms with van der Waals surface area (Å²) in [6.45, 7) is 22.7. The van der Waals surface area contributed by atoms with Crippen LogP contribution >= 0.6 is 11.3 Å². The summed E-state index contributed by atoms with van der Waals surface area (Å²) in [4.78, 5) is 2.73. The molecule has 194 valence electrons. The molecule has 1 nitrogen and oxygen atoms in total. The van der Waals surface area contributed by atoms with Crippen molar-refractivity contribution in [3.63, 3.8) is 0 Å². The van der Waals surface area contributed by atoms with Gasteiger partial charge in [0.25, 0.3) is 0 Å². The van der Waals surface area contributed by atoms with Gasteiger partial charge in [0.2, 0.25) is 0 Å². The van der Waals surface area contributed by atoms with Gasteiger partial charge in [-0.3, -0.25) is 0 Å². The van der Waals surface area contributed by atoms with E-state index in [1.165, 1.54) is 51.3 Å². The molecule has 0 aliphatic heterocycles. The molecule has 1 N–H and O–H groups in total. The highest BCUT2D eigenvalue weighted by atomic mass is 32.1. The summed E-state index contributed by atoms with van der Waals surface area (Å²) in [6, 6.07) is 4.58. The van der Waals surface area contributed by atoms with Crippen LogP contribution in [-0.2, 0) is 0 Å². The van der Waals surface area contributed by atoms with E-state index in [1.54, 1.807) is 0 Å². The first-order valence-electron chi connectivity index (χ1n) is 13.9. The van der Waals surface area contributed by atoms with Gasteiger partial charge >= 0.3 is 0 Å². The maximum Gasteiger partial charge on any atom is 0.0498 e. The molecule has 1 aromatic heterocycles. The molecular formula is C34H47NS. The zero-order chi connectivity index (χ0) is 26.2. The Morgan fingerprint density at radius 1 is 1.28 bits per heavy atom. The van der Waals surface area contributed by atoms with E-state index >= 15 is 0 Å². The number of hydrogen-bond donors (Lipinski definition) is 1. The fraction of sp³-hybridized carbons (Fsp3) is 0.500. The molecule has 0 amide bonds. The lowest BCUT2D eigenvalue weighted by Crippen LogP contribution is -2.20. The Balaban J connectivity index is 1.67. The second-order valence-corrected chi connectivity index (χ2v) is 12.3. The molecular weight excluding hydrogens is 454 g/mol. The summed E-state index contributed by atoms with van der Waals surface area (Å²) in [5, 5.41) is 3.48. The highest BCUT2D eigenvalue weighted by Crippen LogP contribution is 2.41. The second kappa shape index (κ2) is 13.3. The largest absolute Gasteiger partial charge is 0.384 e. The normalized spacial score (nSPS) is 22.4. The highest BCUT2D eigenvalue weighted by molar-refractivity contribution is 7.13. The van der Waals surface area contributed by atoms with Crippen molar-refractivity contribution in [3.05, 3.63) is 93.4 Å². The minimum atomic E-state index is 0.519. The lowest BCUT2D eigenvalue weighted by molar-refractivity contribution is 0.458. The van der Waals surface area contributed by atoms with E-state index < -0.39 is 0 Å². The first-order chi connectivity index (χ1) is 17.2. The molecule has 36 heavy (non-hydrogen) atoms. The van der Waals surface area contributed by atoms with Gasteiger partial charge in [0.15, 0.2) is 0 Å². The smallest absolute Gasteiger partial charge is 0.0498 e. The Morgan fingerprint density at radius 2 is 2.06 bits per heavy atom. The van der Waals surface area contributed by atoms with E-state index in [4.69, 9.17) is 0 Å². The minimum absolute atomic E-state index is 0.519. The fourth-order valence-electron chi connectivity index (χ4n) is 5.64. The number of hydrogen-bond acceptors (Lipinski definition) is 2. The van der Waals surface area contributed by atoms with Crippen LogP contribution in [0.5, 0.6) is 0 Å². The zero-order valence-corrected chi connectivity index (χ0v) is 24.3. The van der Waals surface area contributed by atoms with Crippen LogP contribution in [0.3, 0.4) is 0 Å². The van der Waals surface area contributed by atoms with Crippen molar-refractivity contribution in [2.24, 2.45) is 23.7 Å². The maximum absolute atomic E-state index is 4.29. The first-order valence-corrected chi connectivity index (χ1v) is 14.7. The van der Waals surface area contributed by atoms with E-state index in [-0.39, 0.29) is 0 Å². The minimum Gasteiger partial charge on any atom is -0.384 e. The number of thiophene rings is 1. The highest BCUT2D eigenvalue weighted by Gasteiger charge is 2.27. The van der Waals surface area contributed by atoms with Gasteiger partial charge in [0, 0.05) is 27.9 Å². The van der Waals surface area contributed by atoms with Crippen LogP contribution in [0.4, 0.5) is 0 Å². The Hall–Kier alpha value is -2.28. The zero-order valence-electron chi connectivity index (χ0n) is 23.5. The molecule has 0 spiro atoms. The number of nitrogens with one attached hydrogen (secondary N) is 1. The summed E-state index contributed by atoms with van der Waals surface area (Å²) in [6.07, 6.45) is 18.1. The van der Waals surface area contributed by atoms with E-state index in [0.29, 0.717) is 29.6 Å². The van der Waals surface area contributed by atoms with Gasteiger partial charge in [0.1, 0.15) is 0 Å². The van der Waals surface area contributed by atoms with Gasteiger partial charge < -0.3 is 5.32 Å². The quantitative estimate of drug-likeness (QED) is 0.281. The molecule has 2 aliphatic rings. The van der Waals surface area contributed by atoms with Crippen molar-refractivity contribution in [3.8, 4) is 0 Å². The molecule has 4 atom stereocenters. The summed E-state index contributed by atoms with van der Waals surface area (Å²) < 4.78 is 0. The van der Waals surface area contributed by atoms with Crippen molar-refractivity contribution in [1.82, 2.24) is 5.32 Å². The molecule has 1 heterocycles. The summed E-state index contributed by atoms with van der Waals surface area (Å²) in [5.74, 6) is 3.02. The van der Waals surface area contributed by atoms with Gasteiger partial charge in [-0.05, 0) is 86.5 Å². The first kappa shape index (κ1) is 28.3. The van der Waals surface area contributed by atoms with Crippen molar-refractivity contribution in [2.45, 2.75) is 79.6 Å². The average Bonchev–Trinajstić information content (AvgIpc) is 3.34. The summed E-state index contributed by atoms with van der Waals surface area (Å²) >= 11 is 1.91. The van der Waals surface area contributed by atoms with Crippen LogP contribution in [-0.4, -0.2) is 6.54 Å². The summed E-state index contributed by atoms with van der Waals surface area (Å²) in [5.41, 5.74) is 9.71. The Bertz CT molecular complexity index is 1080. The molecule has 0 radical (unpaired) electrons. The van der Waals surface area contributed by atoms with Crippen molar-refractivity contribution in [1.29, 1.82) is 0 Å². The third-order valence-corrected chi connectivity index (χ3v) is 9.18. The molecule has 0 saturated carbocycles. The van der Waals surface area contributed by atoms with Gasteiger partial charge in [-0.2, -0.15) is 0 Å². The van der Waals surface area contributed by atoms with Crippen LogP contribution in [0, 0.1) is 23.7 Å². The van der Waals surface area contributed by atoms with Crippen molar-refractivity contribution >= 4 is 17.0 Å². The van der Waals surface area contributed by atoms with E-state index in [2.05, 4.69) is 108 Å². The monoisotopic (exact) mass is 501 g/mol. The van der Waals surface area contributed by atoms with Gasteiger partial charge in [-0.1, -0.05) is 88.8 Å². The SMILES string of the molecule is C=C=C(C)CCNC(=C)c1ccc(C(CCC)CC2=CC(C)C(C3=CCC(C(C)C)C=C3)C(C)=C2)s1. The molecule has 2 heteroatoms. The Kier molecular flexibility index (Phi) is 10.5. The van der Waals surface area contributed by atoms with Crippen LogP contribution in [0.2, 0.25) is 0 Å². The predicted molar refractivity (Wildman–Crippen MR) is 161 cm³/mol. The van der Waals surface area contributed by atoms with Gasteiger partial charge in [-0.25, -0.2) is 0 Å². The van der Waals surface area contributed by atoms with Crippen molar-refractivity contribution < 1.29 is 0 Å². The fourth-order valence-corrected chi connectivity index (χ4v) is 6.73. The van der Waals surface area contributed by atoms with Crippen molar-refractivity contribution in [2.75, 3.05) is 6.54 Å². The van der Waals surface area contributed by atoms with E-state index in [1.807, 2.05) is 11.3 Å². The maximum atomic E-state index is 4.29. The second-order valence-electron chi connectivity index (χ2n) is 11.2. The van der Waals surface area contributed by atoms with Crippen LogP contribution in [0.1, 0.15) is 89.3 Å². The molecule has 0 saturated heterocycles. The number of allylic oxidation sites excluding steroid dienone is 8. The molecule has 1 aromatic rings. The topological polar surface area (TPSA) is 12.0 Å². The van der Waals surface area contributed by atoms with Crippen LogP contribution in [0.15, 0.2) is 83.7 Å².